The van der Waals surface area contributed by atoms with E-state index in [-0.39, 0.29) is 0 Å². The molecule has 1 fully saturated rings. The van der Waals surface area contributed by atoms with Crippen LogP contribution >= 0.6 is 0 Å². The van der Waals surface area contributed by atoms with E-state index in [9.17, 15) is 0 Å². The quantitative estimate of drug-likeness (QED) is 0.777. The van der Waals surface area contributed by atoms with Gasteiger partial charge in [0.25, 0.3) is 0 Å². The molecule has 1 aliphatic rings. The van der Waals surface area contributed by atoms with Crippen LogP contribution in [0.1, 0.15) is 17.0 Å². The predicted octanol–water partition coefficient (Wildman–Crippen LogP) is 0.274. The Labute approximate surface area is 89.2 Å². The fourth-order valence-electron chi connectivity index (χ4n) is 1.79. The Balaban J connectivity index is 2.02. The van der Waals surface area contributed by atoms with Crippen molar-refractivity contribution in [1.29, 1.82) is 0 Å². The first-order chi connectivity index (χ1) is 7.31. The van der Waals surface area contributed by atoms with E-state index >= 15 is 0 Å². The summed E-state index contributed by atoms with van der Waals surface area (Å²) < 4.78 is 10.4. The van der Waals surface area contributed by atoms with E-state index in [1.807, 2.05) is 6.92 Å². The van der Waals surface area contributed by atoms with Gasteiger partial charge in [-0.25, -0.2) is 0 Å². The summed E-state index contributed by atoms with van der Waals surface area (Å²) in [6.45, 7) is 6.72. The Morgan fingerprint density at radius 3 is 2.80 bits per heavy atom. The van der Waals surface area contributed by atoms with E-state index in [1.165, 1.54) is 0 Å². The second-order valence-electron chi connectivity index (χ2n) is 3.76. The molecule has 5 nitrogen and oxygen atoms in total. The highest BCUT2D eigenvalue weighted by molar-refractivity contribution is 5.21. The van der Waals surface area contributed by atoms with Crippen molar-refractivity contribution in [1.82, 2.24) is 10.1 Å². The van der Waals surface area contributed by atoms with Crippen LogP contribution in [0.3, 0.4) is 0 Å². The Hall–Kier alpha value is -0.910. The smallest absolute Gasteiger partial charge is 0.138 e. The van der Waals surface area contributed by atoms with E-state index in [1.54, 1.807) is 0 Å². The molecule has 2 N–H and O–H groups in total. The molecule has 1 aromatic heterocycles. The molecule has 84 valence electrons. The van der Waals surface area contributed by atoms with E-state index in [0.717, 1.165) is 49.9 Å². The van der Waals surface area contributed by atoms with Crippen LogP contribution in [0, 0.1) is 6.92 Å². The normalized spacial score (nSPS) is 18.3. The lowest BCUT2D eigenvalue weighted by molar-refractivity contribution is 0.0331. The van der Waals surface area contributed by atoms with Gasteiger partial charge in [-0.1, -0.05) is 5.16 Å². The monoisotopic (exact) mass is 211 g/mol. The zero-order valence-corrected chi connectivity index (χ0v) is 9.03. The van der Waals surface area contributed by atoms with Gasteiger partial charge in [0.15, 0.2) is 0 Å². The maximum atomic E-state index is 5.66. The average molecular weight is 211 g/mol. The van der Waals surface area contributed by atoms with Crippen LogP contribution in [0.5, 0.6) is 0 Å². The van der Waals surface area contributed by atoms with Gasteiger partial charge >= 0.3 is 0 Å². The third kappa shape index (κ3) is 2.37. The molecule has 1 saturated heterocycles. The SMILES string of the molecule is Cc1onc(CN2CCOCC2)c1CN. The molecule has 1 aliphatic heterocycles. The molecule has 1 aromatic rings. The van der Waals surface area contributed by atoms with Crippen molar-refractivity contribution in [2.45, 2.75) is 20.0 Å². The Morgan fingerprint density at radius 1 is 1.40 bits per heavy atom. The summed E-state index contributed by atoms with van der Waals surface area (Å²) in [5, 5.41) is 4.04. The maximum Gasteiger partial charge on any atom is 0.138 e. The molecule has 2 heterocycles. The molecule has 5 heteroatoms. The maximum absolute atomic E-state index is 5.66. The van der Waals surface area contributed by atoms with Crippen LogP contribution in [0.15, 0.2) is 4.52 Å². The van der Waals surface area contributed by atoms with Crippen LogP contribution in [-0.4, -0.2) is 36.4 Å². The zero-order valence-electron chi connectivity index (χ0n) is 9.03. The van der Waals surface area contributed by atoms with Gasteiger partial charge in [0.2, 0.25) is 0 Å². The molecular formula is C10H17N3O2. The number of aromatic nitrogens is 1. The topological polar surface area (TPSA) is 64.5 Å². The van der Waals surface area contributed by atoms with Gasteiger partial charge in [-0.2, -0.15) is 0 Å². The van der Waals surface area contributed by atoms with Gasteiger partial charge < -0.3 is 15.0 Å². The minimum absolute atomic E-state index is 0.495. The standard InChI is InChI=1S/C10H17N3O2/c1-8-9(6-11)10(12-15-8)7-13-2-4-14-5-3-13/h2-7,11H2,1H3. The van der Waals surface area contributed by atoms with Gasteiger partial charge in [-0.3, -0.25) is 4.90 Å². The first-order valence-corrected chi connectivity index (χ1v) is 5.25. The van der Waals surface area contributed by atoms with Gasteiger partial charge in [-0.15, -0.1) is 0 Å². The van der Waals surface area contributed by atoms with Gasteiger partial charge in [0.1, 0.15) is 11.5 Å². The number of nitrogens with two attached hydrogens (primary N) is 1. The molecule has 0 unspecified atom stereocenters. The molecule has 0 radical (unpaired) electrons. The minimum Gasteiger partial charge on any atom is -0.379 e. The molecule has 0 aromatic carbocycles. The largest absolute Gasteiger partial charge is 0.379 e. The van der Waals surface area contributed by atoms with Crippen molar-refractivity contribution >= 4 is 0 Å². The molecule has 0 bridgehead atoms. The molecule has 0 spiro atoms. The van der Waals surface area contributed by atoms with Crippen molar-refractivity contribution in [3.63, 3.8) is 0 Å². The lowest BCUT2D eigenvalue weighted by Crippen LogP contribution is -2.36. The van der Waals surface area contributed by atoms with Crippen molar-refractivity contribution in [2.24, 2.45) is 5.73 Å². The first kappa shape index (κ1) is 10.6. The van der Waals surface area contributed by atoms with Crippen molar-refractivity contribution < 1.29 is 9.26 Å². The summed E-state index contributed by atoms with van der Waals surface area (Å²) in [6, 6.07) is 0. The van der Waals surface area contributed by atoms with Crippen LogP contribution < -0.4 is 5.73 Å². The van der Waals surface area contributed by atoms with E-state index < -0.39 is 0 Å². The number of aryl methyl sites for hydroxylation is 1. The summed E-state index contributed by atoms with van der Waals surface area (Å²) in [4.78, 5) is 2.31. The molecule has 0 saturated carbocycles. The number of rotatable bonds is 3. The van der Waals surface area contributed by atoms with Crippen LogP contribution in [0.25, 0.3) is 0 Å². The molecule has 15 heavy (non-hydrogen) atoms. The highest BCUT2D eigenvalue weighted by atomic mass is 16.5. The second-order valence-corrected chi connectivity index (χ2v) is 3.76. The molecule has 2 rings (SSSR count). The summed E-state index contributed by atoms with van der Waals surface area (Å²) in [5.74, 6) is 0.834. The summed E-state index contributed by atoms with van der Waals surface area (Å²) in [5.41, 5.74) is 7.67. The Kier molecular flexibility index (Phi) is 3.35. The minimum atomic E-state index is 0.495. The van der Waals surface area contributed by atoms with E-state index in [0.29, 0.717) is 6.54 Å². The molecule has 0 aliphatic carbocycles. The fraction of sp³-hybridized carbons (Fsp3) is 0.700. The zero-order chi connectivity index (χ0) is 10.7. The third-order valence-corrected chi connectivity index (χ3v) is 2.75. The van der Waals surface area contributed by atoms with Crippen molar-refractivity contribution in [3.8, 4) is 0 Å². The highest BCUT2D eigenvalue weighted by Gasteiger charge is 2.16. The molecule has 0 atom stereocenters. The third-order valence-electron chi connectivity index (χ3n) is 2.75. The number of nitrogens with zero attached hydrogens (tertiary/aromatic N) is 2. The highest BCUT2D eigenvalue weighted by Crippen LogP contribution is 2.15. The average Bonchev–Trinajstić information content (AvgIpc) is 2.61. The van der Waals surface area contributed by atoms with Crippen LogP contribution in [-0.2, 0) is 17.8 Å². The van der Waals surface area contributed by atoms with Crippen LogP contribution in [0.4, 0.5) is 0 Å². The number of hydrogen-bond donors (Lipinski definition) is 1. The van der Waals surface area contributed by atoms with E-state index in [4.69, 9.17) is 15.0 Å². The first-order valence-electron chi connectivity index (χ1n) is 5.25. The fourth-order valence-corrected chi connectivity index (χ4v) is 1.79. The molecular weight excluding hydrogens is 194 g/mol. The van der Waals surface area contributed by atoms with E-state index in [2.05, 4.69) is 10.1 Å². The van der Waals surface area contributed by atoms with Gasteiger partial charge in [-0.05, 0) is 6.92 Å². The summed E-state index contributed by atoms with van der Waals surface area (Å²) in [7, 11) is 0. The Bertz CT molecular complexity index is 318. The van der Waals surface area contributed by atoms with Gasteiger partial charge in [0.05, 0.1) is 13.2 Å². The van der Waals surface area contributed by atoms with Crippen LogP contribution in [0.2, 0.25) is 0 Å². The predicted molar refractivity (Wildman–Crippen MR) is 55.2 cm³/mol. The lowest BCUT2D eigenvalue weighted by atomic mass is 10.2. The van der Waals surface area contributed by atoms with Crippen molar-refractivity contribution in [3.05, 3.63) is 17.0 Å². The summed E-state index contributed by atoms with van der Waals surface area (Å²) >= 11 is 0. The number of hydrogen-bond acceptors (Lipinski definition) is 5. The second kappa shape index (κ2) is 4.74. The number of ether oxygens (including phenoxy) is 1. The van der Waals surface area contributed by atoms with Gasteiger partial charge in [0, 0.05) is 31.7 Å². The Morgan fingerprint density at radius 2 is 2.13 bits per heavy atom. The van der Waals surface area contributed by atoms with Crippen molar-refractivity contribution in [2.75, 3.05) is 26.3 Å². The lowest BCUT2D eigenvalue weighted by Gasteiger charge is -2.25. The molecule has 0 amide bonds. The number of morpholine rings is 1. The summed E-state index contributed by atoms with van der Waals surface area (Å²) in [6.07, 6.45) is 0.